The van der Waals surface area contributed by atoms with Crippen LogP contribution in [0.1, 0.15) is 42.5 Å². The van der Waals surface area contributed by atoms with Crippen LogP contribution < -0.4 is 4.72 Å². The zero-order chi connectivity index (χ0) is 16.7. The molecular weight excluding hydrogens is 314 g/mol. The topological polar surface area (TPSA) is 90.3 Å². The Kier molecular flexibility index (Phi) is 6.13. The highest BCUT2D eigenvalue weighted by atomic mass is 32.2. The minimum atomic E-state index is -3.70. The Labute approximate surface area is 137 Å². The molecule has 1 fully saturated rings. The molecule has 7 heteroatoms. The van der Waals surface area contributed by atoms with Crippen LogP contribution in [0.3, 0.4) is 0 Å². The highest BCUT2D eigenvalue weighted by Crippen LogP contribution is 2.16. The minimum Gasteiger partial charge on any atom is -0.339 e. The van der Waals surface area contributed by atoms with Gasteiger partial charge in [0, 0.05) is 31.6 Å². The number of likely N-dealkylation sites (tertiary alicyclic amines) is 1. The lowest BCUT2D eigenvalue weighted by Crippen LogP contribution is -2.32. The van der Waals surface area contributed by atoms with Crippen molar-refractivity contribution in [2.45, 2.75) is 37.0 Å². The molecule has 1 amide bonds. The molecule has 2 rings (SSSR count). The highest BCUT2D eigenvalue weighted by Gasteiger charge is 2.20. The molecule has 1 N–H and O–H groups in total. The second kappa shape index (κ2) is 8.09. The number of amides is 1. The molecule has 0 saturated carbocycles. The number of nitriles is 1. The maximum atomic E-state index is 12.6. The maximum absolute atomic E-state index is 12.6. The number of carbonyl (C=O) groups is 1. The number of benzene rings is 1. The van der Waals surface area contributed by atoms with Crippen molar-refractivity contribution >= 4 is 15.9 Å². The quantitative estimate of drug-likeness (QED) is 0.832. The van der Waals surface area contributed by atoms with Gasteiger partial charge in [0.2, 0.25) is 10.0 Å². The Morgan fingerprint density at radius 2 is 1.91 bits per heavy atom. The van der Waals surface area contributed by atoms with E-state index in [0.29, 0.717) is 5.56 Å². The lowest BCUT2D eigenvalue weighted by molar-refractivity contribution is 0.0761. The largest absolute Gasteiger partial charge is 0.339 e. The Morgan fingerprint density at radius 1 is 1.22 bits per heavy atom. The molecule has 23 heavy (non-hydrogen) atoms. The van der Waals surface area contributed by atoms with Crippen molar-refractivity contribution < 1.29 is 13.2 Å². The van der Waals surface area contributed by atoms with Gasteiger partial charge in [0.25, 0.3) is 5.91 Å². The van der Waals surface area contributed by atoms with Crippen LogP contribution in [0.4, 0.5) is 0 Å². The third kappa shape index (κ3) is 4.78. The Hall–Kier alpha value is -1.91. The molecule has 1 saturated heterocycles. The van der Waals surface area contributed by atoms with Crippen molar-refractivity contribution in [1.29, 1.82) is 5.26 Å². The lowest BCUT2D eigenvalue weighted by atomic mass is 10.2. The third-order valence-electron chi connectivity index (χ3n) is 3.81. The summed E-state index contributed by atoms with van der Waals surface area (Å²) in [6.07, 6.45) is 4.33. The third-order valence-corrected chi connectivity index (χ3v) is 5.27. The van der Waals surface area contributed by atoms with Crippen LogP contribution in [-0.4, -0.2) is 38.9 Å². The Balaban J connectivity index is 2.15. The summed E-state index contributed by atoms with van der Waals surface area (Å²) in [5, 5.41) is 8.48. The Morgan fingerprint density at radius 3 is 2.57 bits per heavy atom. The summed E-state index contributed by atoms with van der Waals surface area (Å²) < 4.78 is 26.7. The minimum absolute atomic E-state index is 0.0520. The summed E-state index contributed by atoms with van der Waals surface area (Å²) >= 11 is 0. The SMILES string of the molecule is N#CCCNS(=O)(=O)c1cccc(C(=O)N2CCCCCC2)c1. The van der Waals surface area contributed by atoms with Gasteiger partial charge in [-0.2, -0.15) is 5.26 Å². The first kappa shape index (κ1) is 17.4. The van der Waals surface area contributed by atoms with E-state index in [9.17, 15) is 13.2 Å². The molecule has 0 bridgehead atoms. The summed E-state index contributed by atoms with van der Waals surface area (Å²) in [6.45, 7) is 1.50. The number of hydrogen-bond donors (Lipinski definition) is 1. The van der Waals surface area contributed by atoms with Crippen molar-refractivity contribution in [1.82, 2.24) is 9.62 Å². The Bertz CT molecular complexity index is 687. The maximum Gasteiger partial charge on any atom is 0.253 e. The predicted octanol–water partition coefficient (Wildman–Crippen LogP) is 1.89. The zero-order valence-corrected chi connectivity index (χ0v) is 13.8. The first-order valence-electron chi connectivity index (χ1n) is 7.80. The molecule has 0 atom stereocenters. The molecule has 1 aromatic carbocycles. The fraction of sp³-hybridized carbons (Fsp3) is 0.500. The fourth-order valence-electron chi connectivity index (χ4n) is 2.58. The summed E-state index contributed by atoms with van der Waals surface area (Å²) in [5.41, 5.74) is 0.384. The van der Waals surface area contributed by atoms with Crippen molar-refractivity contribution in [2.75, 3.05) is 19.6 Å². The van der Waals surface area contributed by atoms with E-state index in [2.05, 4.69) is 4.72 Å². The van der Waals surface area contributed by atoms with Gasteiger partial charge in [-0.15, -0.1) is 0 Å². The second-order valence-corrected chi connectivity index (χ2v) is 7.31. The van der Waals surface area contributed by atoms with Gasteiger partial charge in [-0.05, 0) is 31.0 Å². The monoisotopic (exact) mass is 335 g/mol. The standard InChI is InChI=1S/C16H21N3O3S/c17-9-6-10-18-23(21,22)15-8-5-7-14(13-15)16(20)19-11-3-1-2-4-12-19/h5,7-8,13,18H,1-4,6,10-12H2. The number of rotatable bonds is 5. The van der Waals surface area contributed by atoms with Crippen LogP contribution >= 0.6 is 0 Å². The van der Waals surface area contributed by atoms with Crippen LogP contribution in [-0.2, 0) is 10.0 Å². The molecule has 0 unspecified atom stereocenters. The van der Waals surface area contributed by atoms with Crippen molar-refractivity contribution in [3.05, 3.63) is 29.8 Å². The number of carbonyl (C=O) groups excluding carboxylic acids is 1. The molecule has 1 aromatic rings. The van der Waals surface area contributed by atoms with E-state index >= 15 is 0 Å². The van der Waals surface area contributed by atoms with Gasteiger partial charge in [-0.3, -0.25) is 4.79 Å². The van der Waals surface area contributed by atoms with Gasteiger partial charge in [0.1, 0.15) is 0 Å². The van der Waals surface area contributed by atoms with Crippen molar-refractivity contribution in [3.8, 4) is 6.07 Å². The molecule has 0 spiro atoms. The number of sulfonamides is 1. The van der Waals surface area contributed by atoms with Crippen LogP contribution in [0.15, 0.2) is 29.2 Å². The van der Waals surface area contributed by atoms with E-state index < -0.39 is 10.0 Å². The smallest absolute Gasteiger partial charge is 0.253 e. The molecule has 1 aliphatic rings. The molecular formula is C16H21N3O3S. The number of hydrogen-bond acceptors (Lipinski definition) is 4. The lowest BCUT2D eigenvalue weighted by Gasteiger charge is -2.20. The average molecular weight is 335 g/mol. The summed E-state index contributed by atoms with van der Waals surface area (Å²) in [4.78, 5) is 14.4. The molecule has 1 aliphatic heterocycles. The molecule has 1 heterocycles. The van der Waals surface area contributed by atoms with Gasteiger partial charge >= 0.3 is 0 Å². The van der Waals surface area contributed by atoms with Gasteiger partial charge in [-0.1, -0.05) is 18.9 Å². The van der Waals surface area contributed by atoms with E-state index in [-0.39, 0.29) is 23.8 Å². The van der Waals surface area contributed by atoms with Crippen molar-refractivity contribution in [2.24, 2.45) is 0 Å². The average Bonchev–Trinajstić information content (AvgIpc) is 2.84. The second-order valence-electron chi connectivity index (χ2n) is 5.54. The zero-order valence-electron chi connectivity index (χ0n) is 13.0. The molecule has 124 valence electrons. The normalized spacial score (nSPS) is 15.7. The predicted molar refractivity (Wildman–Crippen MR) is 86.2 cm³/mol. The molecule has 6 nitrogen and oxygen atoms in total. The summed E-state index contributed by atoms with van der Waals surface area (Å²) in [5.74, 6) is -0.124. The fourth-order valence-corrected chi connectivity index (χ4v) is 3.65. The number of nitrogens with one attached hydrogen (secondary N) is 1. The first-order valence-corrected chi connectivity index (χ1v) is 9.29. The van der Waals surface area contributed by atoms with Crippen molar-refractivity contribution in [3.63, 3.8) is 0 Å². The van der Waals surface area contributed by atoms with Crippen LogP contribution in [0.5, 0.6) is 0 Å². The van der Waals surface area contributed by atoms with Gasteiger partial charge in [-0.25, -0.2) is 13.1 Å². The molecule has 0 radical (unpaired) electrons. The van der Waals surface area contributed by atoms with Crippen LogP contribution in [0, 0.1) is 11.3 Å². The van der Waals surface area contributed by atoms with Gasteiger partial charge < -0.3 is 4.90 Å². The summed E-state index contributed by atoms with van der Waals surface area (Å²) in [6, 6.07) is 7.95. The van der Waals surface area contributed by atoms with Gasteiger partial charge in [0.05, 0.1) is 11.0 Å². The van der Waals surface area contributed by atoms with E-state index in [1.807, 2.05) is 6.07 Å². The van der Waals surface area contributed by atoms with Gasteiger partial charge in [0.15, 0.2) is 0 Å². The molecule has 0 aliphatic carbocycles. The van der Waals surface area contributed by atoms with Crippen LogP contribution in [0.2, 0.25) is 0 Å². The van der Waals surface area contributed by atoms with Crippen LogP contribution in [0.25, 0.3) is 0 Å². The van der Waals surface area contributed by atoms with E-state index in [0.717, 1.165) is 38.8 Å². The molecule has 0 aromatic heterocycles. The van der Waals surface area contributed by atoms with E-state index in [1.165, 1.54) is 12.1 Å². The first-order chi connectivity index (χ1) is 11.0. The summed E-state index contributed by atoms with van der Waals surface area (Å²) in [7, 11) is -3.70. The van der Waals surface area contributed by atoms with E-state index in [4.69, 9.17) is 5.26 Å². The highest BCUT2D eigenvalue weighted by molar-refractivity contribution is 7.89. The van der Waals surface area contributed by atoms with E-state index in [1.54, 1.807) is 17.0 Å². The number of nitrogens with zero attached hydrogens (tertiary/aromatic N) is 2.